The number of benzene rings is 14. The lowest BCUT2D eigenvalue weighted by Crippen LogP contribution is -2.34. The molecule has 0 aliphatic carbocycles. The van der Waals surface area contributed by atoms with E-state index in [1.165, 1.54) is 82.2 Å². The van der Waals surface area contributed by atoms with Gasteiger partial charge in [-0.2, -0.15) is 0 Å². The third-order valence-corrected chi connectivity index (χ3v) is 22.3. The van der Waals surface area contributed by atoms with Gasteiger partial charge in [0.15, 0.2) is 0 Å². The SMILES string of the molecule is C=C(C)/C=C\C(=C)C(OCCC)(c1ccccc1)c1ccccc1.CCCCC(c1ccccc1)(c1ccccc1)c1ccc(C)cc1.CCCCC(c1ccccc1)c1ccc(OC)cc1.CCCOC(c1ccccc1)(c1ccc(C)cc1)c1ccc(OC)cc1.CO.Cc1ccc(C(OCCN)(c2ccccc2)c2ccccc2)cc1.Cc1ccccc1. The highest BCUT2D eigenvalue weighted by atomic mass is 16.5. The van der Waals surface area contributed by atoms with Crippen molar-refractivity contribution in [1.29, 1.82) is 0 Å². The van der Waals surface area contributed by atoms with E-state index in [1.807, 2.05) is 128 Å². The summed E-state index contributed by atoms with van der Waals surface area (Å²) in [6, 6.07) is 138. The number of nitrogens with two attached hydrogens (primary N) is 1. The summed E-state index contributed by atoms with van der Waals surface area (Å²) < 4.78 is 30.1. The molecule has 2 atom stereocenters. The lowest BCUT2D eigenvalue weighted by Gasteiger charge is -2.36. The van der Waals surface area contributed by atoms with E-state index >= 15 is 0 Å². The molecular formula is C119H135NO6. The number of rotatable bonds is 33. The van der Waals surface area contributed by atoms with Crippen molar-refractivity contribution in [3.63, 3.8) is 0 Å². The van der Waals surface area contributed by atoms with Crippen LogP contribution in [0.3, 0.4) is 0 Å². The summed E-state index contributed by atoms with van der Waals surface area (Å²) in [5, 5.41) is 7.00. The molecule has 0 saturated heterocycles. The Morgan fingerprint density at radius 3 is 0.921 bits per heavy atom. The highest BCUT2D eigenvalue weighted by molar-refractivity contribution is 5.54. The van der Waals surface area contributed by atoms with Crippen LogP contribution < -0.4 is 15.2 Å². The van der Waals surface area contributed by atoms with Crippen molar-refractivity contribution in [2.45, 2.75) is 142 Å². The number of unbranched alkanes of at least 4 members (excludes halogenated alkanes) is 2. The molecule has 7 heteroatoms. The minimum atomic E-state index is -0.690. The van der Waals surface area contributed by atoms with Crippen molar-refractivity contribution in [2.24, 2.45) is 5.73 Å². The van der Waals surface area contributed by atoms with Crippen LogP contribution in [0.1, 0.15) is 186 Å². The lowest BCUT2D eigenvalue weighted by atomic mass is 9.66. The molecule has 0 aliphatic heterocycles. The predicted octanol–water partition coefficient (Wildman–Crippen LogP) is 29.2. The molecule has 0 aromatic heterocycles. The smallest absolute Gasteiger partial charge is 0.143 e. The molecule has 0 radical (unpaired) electrons. The maximum absolute atomic E-state index is 7.00. The highest BCUT2D eigenvalue weighted by Crippen LogP contribution is 2.47. The van der Waals surface area contributed by atoms with Crippen LogP contribution in [0.2, 0.25) is 0 Å². The highest BCUT2D eigenvalue weighted by Gasteiger charge is 2.41. The molecule has 3 N–H and O–H groups in total. The molecule has 14 aromatic carbocycles. The average Bonchev–Trinajstić information content (AvgIpc) is 0.774. The fraction of sp³-hybridized carbons (Fsp3) is 0.244. The van der Waals surface area contributed by atoms with Gasteiger partial charge in [-0.25, -0.2) is 0 Å². The normalized spacial score (nSPS) is 11.6. The number of allylic oxidation sites excluding steroid dienone is 2. The molecule has 0 spiro atoms. The van der Waals surface area contributed by atoms with Gasteiger partial charge < -0.3 is 34.5 Å². The first-order valence-corrected chi connectivity index (χ1v) is 44.6. The molecule has 0 fully saturated rings. The standard InChI is InChI=1S/C24H26O2.C24H26.C23H26O.C22H23NO.C18H22O.C7H8.CH4O/c1-4-18-26-24(20-8-6-5-7-9-20,21-12-10-19(2)11-13-21)22-14-16-23(25-3)17-15-22;1-3-4-19-24(21-11-7-5-8-12-21,22-13-9-6-10-14-22)23-17-15-20(2)16-18-23;1-5-18-24-23(20(4)17-16-19(2)3,21-12-8-6-9-13-21)22-14-10-7-11-15-22;1-18-12-14-21(15-13-18)22(24-17-16-23,19-8-4-2-5-9-19)20-10-6-3-7-11-20;1-3-4-10-18(15-8-6-5-7-9-15)16-11-13-17(19-2)14-12-16;1-7-5-3-2-4-6-7;1-2/h5-17H,4,18H2,1-3H3;5-18H,3-4,19H2,1-2H3;6-17H,2,4-5,18H2,1,3H3;2-15H,16-17,23H2,1H3;5-9,11-14,18H,3-4,10H2,1-2H3;2-6H,1H3;2H,1H3/b;;17-16-;;;;. The van der Waals surface area contributed by atoms with Crippen LogP contribution in [0.25, 0.3) is 0 Å². The van der Waals surface area contributed by atoms with E-state index in [0.717, 1.165) is 93.5 Å². The van der Waals surface area contributed by atoms with Crippen LogP contribution >= 0.6 is 0 Å². The number of hydrogen-bond donors (Lipinski definition) is 2. The Hall–Kier alpha value is -12.3. The zero-order chi connectivity index (χ0) is 90.1. The molecule has 2 unspecified atom stereocenters. The van der Waals surface area contributed by atoms with Gasteiger partial charge in [0.05, 0.1) is 20.8 Å². The van der Waals surface area contributed by atoms with E-state index < -0.39 is 16.8 Å². The van der Waals surface area contributed by atoms with E-state index in [4.69, 9.17) is 34.5 Å². The van der Waals surface area contributed by atoms with Crippen molar-refractivity contribution >= 4 is 0 Å². The minimum Gasteiger partial charge on any atom is -0.497 e. The third-order valence-electron chi connectivity index (χ3n) is 22.3. The van der Waals surface area contributed by atoms with Crippen molar-refractivity contribution < 1.29 is 28.8 Å². The number of aliphatic hydroxyl groups excluding tert-OH is 1. The summed E-state index contributed by atoms with van der Waals surface area (Å²) in [5.41, 5.74) is 26.5. The molecule has 14 rings (SSSR count). The van der Waals surface area contributed by atoms with Crippen LogP contribution in [0.15, 0.2) is 431 Å². The van der Waals surface area contributed by atoms with Gasteiger partial charge in [-0.05, 0) is 162 Å². The second-order valence-corrected chi connectivity index (χ2v) is 31.5. The Labute approximate surface area is 756 Å². The largest absolute Gasteiger partial charge is 0.497 e. The van der Waals surface area contributed by atoms with Crippen molar-refractivity contribution in [1.82, 2.24) is 0 Å². The predicted molar refractivity (Wildman–Crippen MR) is 532 cm³/mol. The Bertz CT molecular complexity index is 5030. The molecule has 0 bridgehead atoms. The number of hydrogen-bond acceptors (Lipinski definition) is 7. The number of aryl methyl sites for hydroxylation is 4. The second kappa shape index (κ2) is 53.8. The van der Waals surface area contributed by atoms with E-state index in [-0.39, 0.29) is 5.41 Å². The molecule has 14 aromatic rings. The summed E-state index contributed by atoms with van der Waals surface area (Å²) in [7, 11) is 4.40. The Kier molecular flexibility index (Phi) is 42.3. The van der Waals surface area contributed by atoms with E-state index in [9.17, 15) is 0 Å². The Morgan fingerprint density at radius 1 is 0.317 bits per heavy atom. The van der Waals surface area contributed by atoms with Gasteiger partial charge >= 0.3 is 0 Å². The second-order valence-electron chi connectivity index (χ2n) is 31.5. The minimum absolute atomic E-state index is 0.0772. The van der Waals surface area contributed by atoms with Gasteiger partial charge in [0.25, 0.3) is 0 Å². The molecule has 0 aliphatic rings. The summed E-state index contributed by atoms with van der Waals surface area (Å²) in [6.45, 7) is 29.8. The number of ether oxygens (including phenoxy) is 5. The van der Waals surface area contributed by atoms with Gasteiger partial charge in [0.1, 0.15) is 28.3 Å². The summed E-state index contributed by atoms with van der Waals surface area (Å²) in [5.74, 6) is 2.26. The van der Waals surface area contributed by atoms with Gasteiger partial charge in [-0.1, -0.05) is 477 Å². The van der Waals surface area contributed by atoms with Gasteiger partial charge in [0, 0.05) is 38.2 Å². The summed E-state index contributed by atoms with van der Waals surface area (Å²) in [4.78, 5) is 0. The van der Waals surface area contributed by atoms with Crippen molar-refractivity contribution in [3.05, 3.63) is 525 Å². The van der Waals surface area contributed by atoms with Gasteiger partial charge in [0.2, 0.25) is 0 Å². The Morgan fingerprint density at radius 2 is 0.595 bits per heavy atom. The van der Waals surface area contributed by atoms with Crippen LogP contribution in [-0.2, 0) is 36.4 Å². The monoisotopic (exact) mass is 1670 g/mol. The molecular weight excluding hydrogens is 1540 g/mol. The fourth-order valence-electron chi connectivity index (χ4n) is 15.8. The van der Waals surface area contributed by atoms with Crippen LogP contribution in [0.5, 0.6) is 11.5 Å². The zero-order valence-corrected chi connectivity index (χ0v) is 76.7. The van der Waals surface area contributed by atoms with Gasteiger partial charge in [-0.3, -0.25) is 0 Å². The zero-order valence-electron chi connectivity index (χ0n) is 76.7. The van der Waals surface area contributed by atoms with Crippen LogP contribution in [-0.4, -0.2) is 52.8 Å². The first-order valence-electron chi connectivity index (χ1n) is 44.6. The van der Waals surface area contributed by atoms with Crippen molar-refractivity contribution in [2.75, 3.05) is 47.7 Å². The quantitative estimate of drug-likeness (QED) is 0.0313. The number of methoxy groups -OCH3 is 2. The summed E-state index contributed by atoms with van der Waals surface area (Å²) >= 11 is 0. The summed E-state index contributed by atoms with van der Waals surface area (Å²) in [6.07, 6.45) is 13.1. The van der Waals surface area contributed by atoms with E-state index in [2.05, 4.69) is 354 Å². The van der Waals surface area contributed by atoms with E-state index in [1.54, 1.807) is 14.2 Å². The number of aliphatic hydroxyl groups is 1. The molecule has 0 heterocycles. The third kappa shape index (κ3) is 27.6. The van der Waals surface area contributed by atoms with Crippen LogP contribution in [0.4, 0.5) is 0 Å². The maximum atomic E-state index is 7.00. The van der Waals surface area contributed by atoms with Crippen molar-refractivity contribution in [3.8, 4) is 11.5 Å². The molecule has 0 saturated carbocycles. The van der Waals surface area contributed by atoms with Crippen LogP contribution in [0, 0.1) is 27.7 Å². The topological polar surface area (TPSA) is 92.4 Å². The molecule has 0 amide bonds. The fourth-order valence-corrected chi connectivity index (χ4v) is 15.8. The molecule has 652 valence electrons. The first kappa shape index (κ1) is 99.1. The average molecular weight is 1680 g/mol. The maximum Gasteiger partial charge on any atom is 0.143 e. The molecule has 7 nitrogen and oxygen atoms in total. The lowest BCUT2D eigenvalue weighted by molar-refractivity contribution is 0.0130. The molecule has 126 heavy (non-hydrogen) atoms. The first-order chi connectivity index (χ1) is 61.6. The Balaban J connectivity index is 0.000000190. The van der Waals surface area contributed by atoms with E-state index in [0.29, 0.717) is 32.3 Å². The van der Waals surface area contributed by atoms with Gasteiger partial charge in [-0.15, -0.1) is 0 Å².